The van der Waals surface area contributed by atoms with Gasteiger partial charge in [0.25, 0.3) is 0 Å². The van der Waals surface area contributed by atoms with Gasteiger partial charge in [-0.3, -0.25) is 0 Å². The fraction of sp³-hybridized carbons (Fsp3) is 0.538. The SMILES string of the molecule is COCCCSCCCOc1ccc(N)cc1. The molecule has 2 N–H and O–H groups in total. The Balaban J connectivity index is 1.95. The zero-order valence-corrected chi connectivity index (χ0v) is 11.2. The second-order valence-corrected chi connectivity index (χ2v) is 4.95. The van der Waals surface area contributed by atoms with Crippen LogP contribution in [0.15, 0.2) is 24.3 Å². The minimum Gasteiger partial charge on any atom is -0.494 e. The van der Waals surface area contributed by atoms with E-state index >= 15 is 0 Å². The van der Waals surface area contributed by atoms with Gasteiger partial charge in [-0.25, -0.2) is 0 Å². The molecule has 0 saturated carbocycles. The predicted molar refractivity (Wildman–Crippen MR) is 74.8 cm³/mol. The summed E-state index contributed by atoms with van der Waals surface area (Å²) < 4.78 is 10.6. The fourth-order valence-electron chi connectivity index (χ4n) is 1.32. The maximum absolute atomic E-state index is 5.60. The van der Waals surface area contributed by atoms with Crippen molar-refractivity contribution in [3.8, 4) is 5.75 Å². The van der Waals surface area contributed by atoms with E-state index in [0.717, 1.165) is 49.0 Å². The van der Waals surface area contributed by atoms with Gasteiger partial charge in [0, 0.05) is 19.4 Å². The molecule has 0 aromatic heterocycles. The molecule has 0 fully saturated rings. The lowest BCUT2D eigenvalue weighted by molar-refractivity contribution is 0.200. The number of nitrogens with two attached hydrogens (primary N) is 1. The van der Waals surface area contributed by atoms with Crippen molar-refractivity contribution in [3.05, 3.63) is 24.3 Å². The molecule has 96 valence electrons. The number of thioether (sulfide) groups is 1. The number of rotatable bonds is 9. The minimum atomic E-state index is 0.765. The third-order valence-electron chi connectivity index (χ3n) is 2.22. The second-order valence-electron chi connectivity index (χ2n) is 3.73. The summed E-state index contributed by atoms with van der Waals surface area (Å²) in [5.41, 5.74) is 6.36. The van der Waals surface area contributed by atoms with Crippen molar-refractivity contribution in [1.29, 1.82) is 0 Å². The van der Waals surface area contributed by atoms with Crippen LogP contribution < -0.4 is 10.5 Å². The summed E-state index contributed by atoms with van der Waals surface area (Å²) in [5, 5.41) is 0. The lowest BCUT2D eigenvalue weighted by Gasteiger charge is -2.06. The summed E-state index contributed by atoms with van der Waals surface area (Å²) in [6.07, 6.45) is 2.20. The molecule has 0 radical (unpaired) electrons. The van der Waals surface area contributed by atoms with Crippen LogP contribution in [0, 0.1) is 0 Å². The molecule has 1 rings (SSSR count). The third-order valence-corrected chi connectivity index (χ3v) is 3.37. The van der Waals surface area contributed by atoms with Crippen molar-refractivity contribution in [3.63, 3.8) is 0 Å². The van der Waals surface area contributed by atoms with Crippen LogP contribution in [-0.4, -0.2) is 31.8 Å². The molecule has 0 amide bonds. The summed E-state index contributed by atoms with van der Waals surface area (Å²) in [4.78, 5) is 0. The van der Waals surface area contributed by atoms with E-state index in [-0.39, 0.29) is 0 Å². The van der Waals surface area contributed by atoms with E-state index < -0.39 is 0 Å². The molecule has 1 aromatic carbocycles. The summed E-state index contributed by atoms with van der Waals surface area (Å²) in [7, 11) is 1.74. The quantitative estimate of drug-likeness (QED) is 0.544. The third kappa shape index (κ3) is 7.13. The standard InChI is InChI=1S/C13H21NO2S/c1-15-8-2-10-17-11-3-9-16-13-6-4-12(14)5-7-13/h4-7H,2-3,8-11,14H2,1H3. The van der Waals surface area contributed by atoms with Crippen molar-refractivity contribution < 1.29 is 9.47 Å². The average molecular weight is 255 g/mol. The zero-order chi connectivity index (χ0) is 12.3. The van der Waals surface area contributed by atoms with Crippen LogP contribution >= 0.6 is 11.8 Å². The highest BCUT2D eigenvalue weighted by atomic mass is 32.2. The first-order chi connectivity index (χ1) is 8.33. The molecule has 0 aliphatic heterocycles. The number of benzene rings is 1. The normalized spacial score (nSPS) is 10.4. The van der Waals surface area contributed by atoms with E-state index in [9.17, 15) is 0 Å². The molecule has 0 saturated heterocycles. The molecule has 0 aliphatic rings. The summed E-state index contributed by atoms with van der Waals surface area (Å²) in [5.74, 6) is 3.19. The van der Waals surface area contributed by atoms with Crippen molar-refractivity contribution in [2.45, 2.75) is 12.8 Å². The van der Waals surface area contributed by atoms with E-state index in [1.54, 1.807) is 7.11 Å². The molecular formula is C13H21NO2S. The Labute approximate surface area is 108 Å². The maximum Gasteiger partial charge on any atom is 0.119 e. The predicted octanol–water partition coefficient (Wildman–Crippen LogP) is 2.81. The molecule has 0 unspecified atom stereocenters. The molecule has 0 bridgehead atoms. The van der Waals surface area contributed by atoms with Crippen molar-refractivity contribution in [2.75, 3.05) is 37.6 Å². The molecule has 0 aliphatic carbocycles. The average Bonchev–Trinajstić information content (AvgIpc) is 2.35. The molecule has 0 atom stereocenters. The fourth-order valence-corrected chi connectivity index (χ4v) is 2.17. The number of nitrogen functional groups attached to an aromatic ring is 1. The van der Waals surface area contributed by atoms with E-state index in [1.165, 1.54) is 0 Å². The van der Waals surface area contributed by atoms with Gasteiger partial charge in [0.1, 0.15) is 5.75 Å². The monoisotopic (exact) mass is 255 g/mol. The number of ether oxygens (including phenoxy) is 2. The summed E-state index contributed by atoms with van der Waals surface area (Å²) in [6.45, 7) is 1.62. The van der Waals surface area contributed by atoms with Crippen molar-refractivity contribution >= 4 is 17.4 Å². The van der Waals surface area contributed by atoms with Gasteiger partial charge in [-0.15, -0.1) is 0 Å². The van der Waals surface area contributed by atoms with E-state index in [4.69, 9.17) is 15.2 Å². The largest absolute Gasteiger partial charge is 0.494 e. The van der Waals surface area contributed by atoms with Gasteiger partial charge in [-0.2, -0.15) is 11.8 Å². The summed E-state index contributed by atoms with van der Waals surface area (Å²) in [6, 6.07) is 7.52. The Morgan fingerprint density at radius 1 is 1.06 bits per heavy atom. The molecule has 0 heterocycles. The Bertz CT molecular complexity index is 290. The highest BCUT2D eigenvalue weighted by Gasteiger charge is 1.94. The van der Waals surface area contributed by atoms with Gasteiger partial charge in [-0.05, 0) is 48.6 Å². The van der Waals surface area contributed by atoms with Crippen LogP contribution in [0.4, 0.5) is 5.69 Å². The Morgan fingerprint density at radius 3 is 2.35 bits per heavy atom. The van der Waals surface area contributed by atoms with Gasteiger partial charge < -0.3 is 15.2 Å². The highest BCUT2D eigenvalue weighted by Crippen LogP contribution is 2.13. The molecule has 1 aromatic rings. The molecular weight excluding hydrogens is 234 g/mol. The van der Waals surface area contributed by atoms with E-state index in [0.29, 0.717) is 0 Å². The molecule has 17 heavy (non-hydrogen) atoms. The smallest absolute Gasteiger partial charge is 0.119 e. The van der Waals surface area contributed by atoms with Crippen LogP contribution in [0.2, 0.25) is 0 Å². The van der Waals surface area contributed by atoms with Crippen molar-refractivity contribution in [2.24, 2.45) is 0 Å². The number of anilines is 1. The zero-order valence-electron chi connectivity index (χ0n) is 10.4. The van der Waals surface area contributed by atoms with Gasteiger partial charge in [0.05, 0.1) is 6.61 Å². The van der Waals surface area contributed by atoms with Crippen LogP contribution in [0.3, 0.4) is 0 Å². The maximum atomic E-state index is 5.60. The van der Waals surface area contributed by atoms with Crippen molar-refractivity contribution in [1.82, 2.24) is 0 Å². The number of methoxy groups -OCH3 is 1. The molecule has 4 heteroatoms. The van der Waals surface area contributed by atoms with Gasteiger partial charge in [-0.1, -0.05) is 0 Å². The minimum absolute atomic E-state index is 0.765. The number of hydrogen-bond acceptors (Lipinski definition) is 4. The first-order valence-corrected chi connectivity index (χ1v) is 7.03. The van der Waals surface area contributed by atoms with Gasteiger partial charge in [0.15, 0.2) is 0 Å². The van der Waals surface area contributed by atoms with Gasteiger partial charge >= 0.3 is 0 Å². The first kappa shape index (κ1) is 14.2. The summed E-state index contributed by atoms with van der Waals surface area (Å²) >= 11 is 1.95. The van der Waals surface area contributed by atoms with Crippen LogP contribution in [0.1, 0.15) is 12.8 Å². The Kier molecular flexibility index (Phi) is 7.67. The van der Waals surface area contributed by atoms with Gasteiger partial charge in [0.2, 0.25) is 0 Å². The number of hydrogen-bond donors (Lipinski definition) is 1. The Hall–Kier alpha value is -0.870. The van der Waals surface area contributed by atoms with Crippen LogP contribution in [0.25, 0.3) is 0 Å². The van der Waals surface area contributed by atoms with Crippen LogP contribution in [-0.2, 0) is 4.74 Å². The van der Waals surface area contributed by atoms with E-state index in [1.807, 2.05) is 36.0 Å². The second kappa shape index (κ2) is 9.19. The molecule has 0 spiro atoms. The Morgan fingerprint density at radius 2 is 1.71 bits per heavy atom. The lowest BCUT2D eigenvalue weighted by atomic mass is 10.3. The van der Waals surface area contributed by atoms with Crippen LogP contribution in [0.5, 0.6) is 5.75 Å². The van der Waals surface area contributed by atoms with E-state index in [2.05, 4.69) is 0 Å². The lowest BCUT2D eigenvalue weighted by Crippen LogP contribution is -1.99. The highest BCUT2D eigenvalue weighted by molar-refractivity contribution is 7.99. The topological polar surface area (TPSA) is 44.5 Å². The molecule has 3 nitrogen and oxygen atoms in total. The first-order valence-electron chi connectivity index (χ1n) is 5.88.